The molecule has 2 atom stereocenters. The second-order valence-electron chi connectivity index (χ2n) is 4.54. The zero-order valence-electron chi connectivity index (χ0n) is 9.89. The van der Waals surface area contributed by atoms with Gasteiger partial charge in [-0.25, -0.2) is 0 Å². The van der Waals surface area contributed by atoms with Gasteiger partial charge in [-0.1, -0.05) is 12.8 Å². The van der Waals surface area contributed by atoms with Crippen molar-refractivity contribution in [1.82, 2.24) is 15.1 Å². The van der Waals surface area contributed by atoms with Crippen molar-refractivity contribution in [2.45, 2.75) is 37.8 Å². The van der Waals surface area contributed by atoms with Gasteiger partial charge in [-0.15, -0.1) is 0 Å². The number of anilines is 1. The monoisotopic (exact) mass is 238 g/mol. The summed E-state index contributed by atoms with van der Waals surface area (Å²) in [5, 5.41) is 16.6. The van der Waals surface area contributed by atoms with Crippen LogP contribution in [0.3, 0.4) is 0 Å². The van der Waals surface area contributed by atoms with Gasteiger partial charge in [0.25, 0.3) is 5.91 Å². The van der Waals surface area contributed by atoms with Crippen molar-refractivity contribution in [2.24, 2.45) is 7.05 Å². The van der Waals surface area contributed by atoms with Gasteiger partial charge in [0.2, 0.25) is 0 Å². The van der Waals surface area contributed by atoms with Gasteiger partial charge >= 0.3 is 0 Å². The van der Waals surface area contributed by atoms with E-state index in [0.717, 1.165) is 25.7 Å². The average Bonchev–Trinajstić information content (AvgIpc) is 2.61. The molecule has 0 unspecified atom stereocenters. The molecule has 1 aliphatic rings. The predicted molar refractivity (Wildman–Crippen MR) is 63.3 cm³/mol. The molecular weight excluding hydrogens is 220 g/mol. The van der Waals surface area contributed by atoms with E-state index in [1.54, 1.807) is 13.2 Å². The Morgan fingerprint density at radius 2 is 2.29 bits per heavy atom. The highest BCUT2D eigenvalue weighted by atomic mass is 16.3. The van der Waals surface area contributed by atoms with E-state index in [9.17, 15) is 9.90 Å². The van der Waals surface area contributed by atoms with Crippen LogP contribution in [0.5, 0.6) is 0 Å². The minimum atomic E-state index is -0.461. The topological polar surface area (TPSA) is 93.2 Å². The summed E-state index contributed by atoms with van der Waals surface area (Å²) in [5.41, 5.74) is 6.26. The summed E-state index contributed by atoms with van der Waals surface area (Å²) in [6, 6.07) is -0.183. The van der Waals surface area contributed by atoms with Crippen molar-refractivity contribution < 1.29 is 9.90 Å². The zero-order chi connectivity index (χ0) is 12.4. The minimum absolute atomic E-state index is 0.183. The summed E-state index contributed by atoms with van der Waals surface area (Å²) in [7, 11) is 1.71. The Kier molecular flexibility index (Phi) is 3.33. The van der Waals surface area contributed by atoms with E-state index in [1.165, 1.54) is 4.68 Å². The molecule has 0 aromatic carbocycles. The highest BCUT2D eigenvalue weighted by molar-refractivity contribution is 5.97. The van der Waals surface area contributed by atoms with Crippen LogP contribution in [0, 0.1) is 0 Å². The number of nitrogens with one attached hydrogen (secondary N) is 1. The van der Waals surface area contributed by atoms with Crippen molar-refractivity contribution in [3.63, 3.8) is 0 Å². The number of aliphatic hydroxyl groups excluding tert-OH is 1. The number of amides is 1. The fourth-order valence-corrected chi connectivity index (χ4v) is 2.20. The molecule has 6 nitrogen and oxygen atoms in total. The molecule has 1 saturated carbocycles. The average molecular weight is 238 g/mol. The van der Waals surface area contributed by atoms with Crippen LogP contribution in [0.4, 0.5) is 5.69 Å². The van der Waals surface area contributed by atoms with Crippen LogP contribution in [0.1, 0.15) is 36.2 Å². The maximum Gasteiger partial charge on any atom is 0.274 e. The third kappa shape index (κ3) is 2.58. The number of hydrogen-bond acceptors (Lipinski definition) is 4. The Labute approximate surface area is 99.8 Å². The van der Waals surface area contributed by atoms with Gasteiger partial charge in [-0.05, 0) is 12.8 Å². The molecular formula is C11H18N4O2. The van der Waals surface area contributed by atoms with Crippen LogP contribution in [-0.4, -0.2) is 32.9 Å². The Bertz CT molecular complexity index is 416. The largest absolute Gasteiger partial charge is 0.396 e. The molecule has 17 heavy (non-hydrogen) atoms. The molecule has 1 amide bonds. The summed E-state index contributed by atoms with van der Waals surface area (Å²) >= 11 is 0. The third-order valence-electron chi connectivity index (χ3n) is 3.12. The zero-order valence-corrected chi connectivity index (χ0v) is 9.89. The first kappa shape index (κ1) is 11.9. The van der Waals surface area contributed by atoms with Crippen LogP contribution in [-0.2, 0) is 7.05 Å². The molecule has 1 aromatic rings. The first-order chi connectivity index (χ1) is 8.08. The van der Waals surface area contributed by atoms with Gasteiger partial charge < -0.3 is 16.2 Å². The number of aliphatic hydroxyl groups is 1. The maximum absolute atomic E-state index is 11.9. The summed E-state index contributed by atoms with van der Waals surface area (Å²) < 4.78 is 1.50. The number of nitrogen functional groups attached to an aromatic ring is 1. The maximum atomic E-state index is 11.9. The lowest BCUT2D eigenvalue weighted by Crippen LogP contribution is -2.45. The number of aryl methyl sites for hydroxylation is 1. The first-order valence-corrected chi connectivity index (χ1v) is 5.86. The third-order valence-corrected chi connectivity index (χ3v) is 3.12. The molecule has 0 spiro atoms. The highest BCUT2D eigenvalue weighted by Gasteiger charge is 2.26. The van der Waals surface area contributed by atoms with E-state index in [0.29, 0.717) is 5.69 Å². The van der Waals surface area contributed by atoms with Crippen molar-refractivity contribution in [1.29, 1.82) is 0 Å². The SMILES string of the molecule is Cn1cc(N)c(C(=O)N[C@H]2CCCC[C@H]2O)n1. The standard InChI is InChI=1S/C11H18N4O2/c1-15-6-7(12)10(14-15)11(17)13-8-4-2-3-5-9(8)16/h6,8-9,16H,2-5,12H2,1H3,(H,13,17)/t8-,9+/m0/s1. The number of rotatable bonds is 2. The molecule has 6 heteroatoms. The summed E-state index contributed by atoms with van der Waals surface area (Å²) in [6.45, 7) is 0. The number of aromatic nitrogens is 2. The molecule has 4 N–H and O–H groups in total. The molecule has 0 radical (unpaired) electrons. The van der Waals surface area contributed by atoms with Gasteiger partial charge in [-0.2, -0.15) is 5.10 Å². The molecule has 0 bridgehead atoms. The van der Waals surface area contributed by atoms with E-state index in [-0.39, 0.29) is 17.6 Å². The van der Waals surface area contributed by atoms with Gasteiger partial charge in [0, 0.05) is 13.2 Å². The number of hydrogen-bond donors (Lipinski definition) is 3. The van der Waals surface area contributed by atoms with Crippen molar-refractivity contribution in [2.75, 3.05) is 5.73 Å². The quantitative estimate of drug-likeness (QED) is 0.678. The molecule has 94 valence electrons. The van der Waals surface area contributed by atoms with Gasteiger partial charge in [-0.3, -0.25) is 9.48 Å². The number of carbonyl (C=O) groups excluding carboxylic acids is 1. The molecule has 2 rings (SSSR count). The molecule has 1 fully saturated rings. The van der Waals surface area contributed by atoms with E-state index in [2.05, 4.69) is 10.4 Å². The summed E-state index contributed by atoms with van der Waals surface area (Å²) in [5.74, 6) is -0.311. The highest BCUT2D eigenvalue weighted by Crippen LogP contribution is 2.19. The van der Waals surface area contributed by atoms with Crippen molar-refractivity contribution >= 4 is 11.6 Å². The fourth-order valence-electron chi connectivity index (χ4n) is 2.20. The van der Waals surface area contributed by atoms with E-state index in [4.69, 9.17) is 5.73 Å². The normalized spacial score (nSPS) is 24.6. The number of carbonyl (C=O) groups is 1. The lowest BCUT2D eigenvalue weighted by Gasteiger charge is -2.28. The predicted octanol–water partition coefficient (Wildman–Crippen LogP) is 0.0356. The fraction of sp³-hybridized carbons (Fsp3) is 0.636. The van der Waals surface area contributed by atoms with Gasteiger partial charge in [0.05, 0.1) is 17.8 Å². The number of nitrogens with two attached hydrogens (primary N) is 1. The smallest absolute Gasteiger partial charge is 0.274 e. The molecule has 0 aliphatic heterocycles. The molecule has 1 aromatic heterocycles. The second-order valence-corrected chi connectivity index (χ2v) is 4.54. The van der Waals surface area contributed by atoms with Crippen molar-refractivity contribution in [3.05, 3.63) is 11.9 Å². The van der Waals surface area contributed by atoms with Crippen LogP contribution in [0.2, 0.25) is 0 Å². The molecule has 0 saturated heterocycles. The molecule has 1 aliphatic carbocycles. The Hall–Kier alpha value is -1.56. The summed E-state index contributed by atoms with van der Waals surface area (Å²) in [4.78, 5) is 11.9. The van der Waals surface area contributed by atoms with Gasteiger partial charge in [0.1, 0.15) is 0 Å². The van der Waals surface area contributed by atoms with Crippen LogP contribution < -0.4 is 11.1 Å². The Balaban J connectivity index is 2.03. The van der Waals surface area contributed by atoms with Crippen molar-refractivity contribution in [3.8, 4) is 0 Å². The minimum Gasteiger partial charge on any atom is -0.396 e. The second kappa shape index (κ2) is 4.75. The van der Waals surface area contributed by atoms with Gasteiger partial charge in [0.15, 0.2) is 5.69 Å². The molecule has 1 heterocycles. The van der Waals surface area contributed by atoms with Crippen LogP contribution in [0.25, 0.3) is 0 Å². The number of nitrogens with zero attached hydrogens (tertiary/aromatic N) is 2. The van der Waals surface area contributed by atoms with E-state index in [1.807, 2.05) is 0 Å². The summed E-state index contributed by atoms with van der Waals surface area (Å²) in [6.07, 6.45) is 4.71. The van der Waals surface area contributed by atoms with Crippen LogP contribution >= 0.6 is 0 Å². The lowest BCUT2D eigenvalue weighted by molar-refractivity contribution is 0.0714. The van der Waals surface area contributed by atoms with Crippen LogP contribution in [0.15, 0.2) is 6.20 Å². The van der Waals surface area contributed by atoms with E-state index >= 15 is 0 Å². The van der Waals surface area contributed by atoms with E-state index < -0.39 is 6.10 Å². The Morgan fingerprint density at radius 1 is 1.59 bits per heavy atom. The lowest BCUT2D eigenvalue weighted by atomic mass is 9.92. The Morgan fingerprint density at radius 3 is 2.88 bits per heavy atom. The first-order valence-electron chi connectivity index (χ1n) is 5.86.